The molecule has 1 aromatic carbocycles. The van der Waals surface area contributed by atoms with Crippen LogP contribution in [0.2, 0.25) is 0 Å². The number of rotatable bonds is 6. The van der Waals surface area contributed by atoms with E-state index >= 15 is 0 Å². The Morgan fingerprint density at radius 3 is 2.60 bits per heavy atom. The maximum Gasteiger partial charge on any atom is 0.161 e. The first-order valence-corrected chi connectivity index (χ1v) is 7.59. The van der Waals surface area contributed by atoms with Gasteiger partial charge >= 0.3 is 0 Å². The van der Waals surface area contributed by atoms with Crippen LogP contribution in [0, 0.1) is 5.41 Å². The van der Waals surface area contributed by atoms with Crippen LogP contribution in [0.25, 0.3) is 0 Å². The van der Waals surface area contributed by atoms with Gasteiger partial charge in [-0.05, 0) is 37.6 Å². The van der Waals surface area contributed by atoms with E-state index in [1.165, 1.54) is 5.56 Å². The summed E-state index contributed by atoms with van der Waals surface area (Å²) in [5.41, 5.74) is 1.47. The average molecular weight is 277 g/mol. The summed E-state index contributed by atoms with van der Waals surface area (Å²) >= 11 is 0. The lowest BCUT2D eigenvalue weighted by atomic mass is 9.61. The molecule has 1 aliphatic carbocycles. The highest BCUT2D eigenvalue weighted by Crippen LogP contribution is 2.47. The molecule has 0 bridgehead atoms. The van der Waals surface area contributed by atoms with Crippen LogP contribution in [0.15, 0.2) is 18.2 Å². The summed E-state index contributed by atoms with van der Waals surface area (Å²) < 4.78 is 11.7. The quantitative estimate of drug-likeness (QED) is 0.864. The van der Waals surface area contributed by atoms with E-state index in [1.807, 2.05) is 13.1 Å². The molecule has 1 aromatic rings. The summed E-state index contributed by atoms with van der Waals surface area (Å²) in [6.07, 6.45) is 3.43. The number of hydrogen-bond acceptors (Lipinski definition) is 3. The molecular formula is C17H27NO2. The van der Waals surface area contributed by atoms with E-state index in [-0.39, 0.29) is 11.5 Å². The third-order valence-electron chi connectivity index (χ3n) is 5.00. The van der Waals surface area contributed by atoms with Gasteiger partial charge in [-0.15, -0.1) is 0 Å². The lowest BCUT2D eigenvalue weighted by Gasteiger charge is -2.53. The van der Waals surface area contributed by atoms with Crippen molar-refractivity contribution in [2.24, 2.45) is 5.41 Å². The fourth-order valence-electron chi connectivity index (χ4n) is 3.10. The standard InChI is InChI=1S/C17H27NO2/c1-6-12-8-9-13(14(10-12)19-5)20-16-11-15(18-4)17(16,3)7-2/h8-10,15-16,18H,6-7,11H2,1-5H3. The van der Waals surface area contributed by atoms with E-state index in [1.54, 1.807) is 7.11 Å². The Kier molecular flexibility index (Phi) is 4.59. The molecule has 0 radical (unpaired) electrons. The lowest BCUT2D eigenvalue weighted by molar-refractivity contribution is -0.0686. The highest BCUT2D eigenvalue weighted by molar-refractivity contribution is 5.43. The minimum Gasteiger partial charge on any atom is -0.493 e. The molecule has 3 nitrogen and oxygen atoms in total. The zero-order chi connectivity index (χ0) is 14.8. The highest BCUT2D eigenvalue weighted by atomic mass is 16.5. The molecule has 3 atom stereocenters. The molecule has 1 fully saturated rings. The number of ether oxygens (including phenoxy) is 2. The minimum absolute atomic E-state index is 0.198. The molecule has 112 valence electrons. The van der Waals surface area contributed by atoms with Crippen LogP contribution in [0.4, 0.5) is 0 Å². The first-order valence-electron chi connectivity index (χ1n) is 7.59. The molecular weight excluding hydrogens is 250 g/mol. The zero-order valence-corrected chi connectivity index (χ0v) is 13.3. The molecule has 0 saturated heterocycles. The Labute approximate surface area is 122 Å². The largest absolute Gasteiger partial charge is 0.493 e. The molecule has 0 amide bonds. The second-order valence-electron chi connectivity index (χ2n) is 5.88. The monoisotopic (exact) mass is 277 g/mol. The predicted molar refractivity (Wildman–Crippen MR) is 82.7 cm³/mol. The fourth-order valence-corrected chi connectivity index (χ4v) is 3.10. The van der Waals surface area contributed by atoms with Crippen molar-refractivity contribution < 1.29 is 9.47 Å². The van der Waals surface area contributed by atoms with Gasteiger partial charge in [-0.2, -0.15) is 0 Å². The Morgan fingerprint density at radius 1 is 1.30 bits per heavy atom. The van der Waals surface area contributed by atoms with Gasteiger partial charge in [-0.3, -0.25) is 0 Å². The van der Waals surface area contributed by atoms with E-state index in [9.17, 15) is 0 Å². The average Bonchev–Trinajstić information content (AvgIpc) is 2.49. The number of aryl methyl sites for hydroxylation is 1. The Morgan fingerprint density at radius 2 is 2.05 bits per heavy atom. The van der Waals surface area contributed by atoms with Gasteiger partial charge in [0, 0.05) is 17.9 Å². The van der Waals surface area contributed by atoms with Gasteiger partial charge in [-0.1, -0.05) is 26.8 Å². The SMILES string of the molecule is CCc1ccc(OC2CC(NC)C2(C)CC)c(OC)c1. The summed E-state index contributed by atoms with van der Waals surface area (Å²) in [5, 5.41) is 3.39. The Balaban J connectivity index is 2.15. The van der Waals surface area contributed by atoms with Gasteiger partial charge in [-0.25, -0.2) is 0 Å². The van der Waals surface area contributed by atoms with Crippen LogP contribution in [0.3, 0.4) is 0 Å². The summed E-state index contributed by atoms with van der Waals surface area (Å²) in [5.74, 6) is 1.71. The Bertz CT molecular complexity index is 460. The molecule has 20 heavy (non-hydrogen) atoms. The topological polar surface area (TPSA) is 30.5 Å². The molecule has 0 aliphatic heterocycles. The summed E-state index contributed by atoms with van der Waals surface area (Å²) in [7, 11) is 3.74. The second kappa shape index (κ2) is 6.04. The van der Waals surface area contributed by atoms with E-state index in [0.717, 1.165) is 30.8 Å². The summed E-state index contributed by atoms with van der Waals surface area (Å²) in [6, 6.07) is 6.78. The highest BCUT2D eigenvalue weighted by Gasteiger charge is 2.51. The first-order chi connectivity index (χ1) is 9.58. The molecule has 1 aliphatic rings. The zero-order valence-electron chi connectivity index (χ0n) is 13.3. The van der Waals surface area contributed by atoms with Crippen molar-refractivity contribution in [3.05, 3.63) is 23.8 Å². The Hall–Kier alpha value is -1.22. The maximum atomic E-state index is 6.25. The van der Waals surface area contributed by atoms with E-state index in [4.69, 9.17) is 9.47 Å². The number of nitrogens with one attached hydrogen (secondary N) is 1. The molecule has 2 rings (SSSR count). The van der Waals surface area contributed by atoms with Crippen LogP contribution >= 0.6 is 0 Å². The molecule has 1 saturated carbocycles. The molecule has 3 unspecified atom stereocenters. The van der Waals surface area contributed by atoms with Gasteiger partial charge < -0.3 is 14.8 Å². The molecule has 0 aromatic heterocycles. The van der Waals surface area contributed by atoms with Gasteiger partial charge in [0.1, 0.15) is 6.10 Å². The minimum atomic E-state index is 0.198. The molecule has 3 heteroatoms. The predicted octanol–water partition coefficient (Wildman–Crippen LogP) is 3.41. The van der Waals surface area contributed by atoms with Crippen molar-refractivity contribution in [1.82, 2.24) is 5.32 Å². The molecule has 1 N–H and O–H groups in total. The third-order valence-corrected chi connectivity index (χ3v) is 5.00. The van der Waals surface area contributed by atoms with Crippen LogP contribution in [0.5, 0.6) is 11.5 Å². The number of hydrogen-bond donors (Lipinski definition) is 1. The van der Waals surface area contributed by atoms with Crippen molar-refractivity contribution in [1.29, 1.82) is 0 Å². The van der Waals surface area contributed by atoms with Crippen LogP contribution in [-0.4, -0.2) is 26.3 Å². The summed E-state index contributed by atoms with van der Waals surface area (Å²) in [6.45, 7) is 6.68. The van der Waals surface area contributed by atoms with Gasteiger partial charge in [0.15, 0.2) is 11.5 Å². The molecule has 0 heterocycles. The second-order valence-corrected chi connectivity index (χ2v) is 5.88. The fraction of sp³-hybridized carbons (Fsp3) is 0.647. The van der Waals surface area contributed by atoms with Gasteiger partial charge in [0.05, 0.1) is 7.11 Å². The number of benzene rings is 1. The van der Waals surface area contributed by atoms with Crippen molar-refractivity contribution in [3.8, 4) is 11.5 Å². The normalized spacial score (nSPS) is 28.9. The van der Waals surface area contributed by atoms with Crippen molar-refractivity contribution in [2.45, 2.75) is 52.2 Å². The smallest absolute Gasteiger partial charge is 0.161 e. The van der Waals surface area contributed by atoms with Crippen molar-refractivity contribution in [2.75, 3.05) is 14.2 Å². The van der Waals surface area contributed by atoms with Gasteiger partial charge in [0.2, 0.25) is 0 Å². The van der Waals surface area contributed by atoms with Crippen molar-refractivity contribution >= 4 is 0 Å². The maximum absolute atomic E-state index is 6.25. The number of methoxy groups -OCH3 is 1. The van der Waals surface area contributed by atoms with Crippen LogP contribution in [-0.2, 0) is 6.42 Å². The van der Waals surface area contributed by atoms with Crippen LogP contribution < -0.4 is 14.8 Å². The van der Waals surface area contributed by atoms with Crippen molar-refractivity contribution in [3.63, 3.8) is 0 Å². The van der Waals surface area contributed by atoms with E-state index in [0.29, 0.717) is 6.04 Å². The van der Waals surface area contributed by atoms with Gasteiger partial charge in [0.25, 0.3) is 0 Å². The summed E-state index contributed by atoms with van der Waals surface area (Å²) in [4.78, 5) is 0. The first kappa shape index (κ1) is 15.2. The lowest BCUT2D eigenvalue weighted by Crippen LogP contribution is -2.62. The van der Waals surface area contributed by atoms with E-state index in [2.05, 4.69) is 38.2 Å². The third kappa shape index (κ3) is 2.51. The molecule has 0 spiro atoms. The van der Waals surface area contributed by atoms with Crippen LogP contribution in [0.1, 0.15) is 39.2 Å². The van der Waals surface area contributed by atoms with E-state index < -0.39 is 0 Å².